The van der Waals surface area contributed by atoms with Gasteiger partial charge in [0.2, 0.25) is 0 Å². The first-order chi connectivity index (χ1) is 11.2. The van der Waals surface area contributed by atoms with E-state index in [9.17, 15) is 4.79 Å². The Morgan fingerprint density at radius 2 is 2.00 bits per heavy atom. The fourth-order valence-electron chi connectivity index (χ4n) is 2.25. The van der Waals surface area contributed by atoms with Gasteiger partial charge in [0.1, 0.15) is 0 Å². The number of carbonyl (C=O) groups excluding carboxylic acids is 1. The van der Waals surface area contributed by atoms with E-state index in [1.807, 2.05) is 35.7 Å². The van der Waals surface area contributed by atoms with Crippen LogP contribution in [0.3, 0.4) is 0 Å². The minimum atomic E-state index is -0.181. The van der Waals surface area contributed by atoms with Crippen molar-refractivity contribution in [2.75, 3.05) is 14.2 Å². The predicted octanol–water partition coefficient (Wildman–Crippen LogP) is 3.72. The van der Waals surface area contributed by atoms with Gasteiger partial charge in [-0.15, -0.1) is 11.3 Å². The molecule has 1 unspecified atom stereocenters. The molecule has 5 nitrogen and oxygen atoms in total. The van der Waals surface area contributed by atoms with Gasteiger partial charge in [0.25, 0.3) is 0 Å². The van der Waals surface area contributed by atoms with Crippen LogP contribution in [0.1, 0.15) is 29.8 Å². The summed E-state index contributed by atoms with van der Waals surface area (Å²) in [7, 11) is 3.19. The van der Waals surface area contributed by atoms with E-state index in [2.05, 4.69) is 17.6 Å². The topological polar surface area (TPSA) is 59.6 Å². The number of hydrogen-bond acceptors (Lipinski definition) is 4. The number of rotatable bonds is 7. The van der Waals surface area contributed by atoms with Gasteiger partial charge in [-0.05, 0) is 35.6 Å². The van der Waals surface area contributed by atoms with Crippen molar-refractivity contribution in [3.63, 3.8) is 0 Å². The van der Waals surface area contributed by atoms with Gasteiger partial charge in [-0.1, -0.05) is 19.1 Å². The summed E-state index contributed by atoms with van der Waals surface area (Å²) < 4.78 is 10.5. The summed E-state index contributed by atoms with van der Waals surface area (Å²) in [4.78, 5) is 13.2. The van der Waals surface area contributed by atoms with Crippen molar-refractivity contribution in [3.8, 4) is 11.5 Å². The highest BCUT2D eigenvalue weighted by atomic mass is 32.1. The number of benzene rings is 1. The number of amides is 2. The lowest BCUT2D eigenvalue weighted by Gasteiger charge is -2.16. The van der Waals surface area contributed by atoms with E-state index in [4.69, 9.17) is 9.47 Å². The first-order valence-corrected chi connectivity index (χ1v) is 8.34. The lowest BCUT2D eigenvalue weighted by atomic mass is 10.2. The van der Waals surface area contributed by atoms with Crippen molar-refractivity contribution in [3.05, 3.63) is 46.2 Å². The zero-order valence-corrected chi connectivity index (χ0v) is 14.4. The Kier molecular flexibility index (Phi) is 6.29. The molecule has 0 aliphatic carbocycles. The van der Waals surface area contributed by atoms with Crippen molar-refractivity contribution < 1.29 is 14.3 Å². The molecular weight excluding hydrogens is 312 g/mol. The number of urea groups is 1. The minimum Gasteiger partial charge on any atom is -0.493 e. The molecule has 0 aliphatic heterocycles. The van der Waals surface area contributed by atoms with Crippen LogP contribution < -0.4 is 20.1 Å². The third-order valence-electron chi connectivity index (χ3n) is 3.50. The van der Waals surface area contributed by atoms with Crippen LogP contribution in [0.2, 0.25) is 0 Å². The molecule has 1 atom stereocenters. The maximum Gasteiger partial charge on any atom is 0.315 e. The van der Waals surface area contributed by atoms with Gasteiger partial charge in [0.05, 0.1) is 20.3 Å². The van der Waals surface area contributed by atoms with E-state index in [1.165, 1.54) is 0 Å². The van der Waals surface area contributed by atoms with Crippen molar-refractivity contribution in [2.24, 2.45) is 0 Å². The summed E-state index contributed by atoms with van der Waals surface area (Å²) in [5.41, 5.74) is 0.946. The summed E-state index contributed by atoms with van der Waals surface area (Å²) in [5.74, 6) is 1.32. The maximum atomic E-state index is 12.1. The summed E-state index contributed by atoms with van der Waals surface area (Å²) in [5, 5.41) is 7.88. The van der Waals surface area contributed by atoms with E-state index >= 15 is 0 Å². The summed E-state index contributed by atoms with van der Waals surface area (Å²) in [6.07, 6.45) is 0.851. The molecule has 124 valence electrons. The van der Waals surface area contributed by atoms with Crippen LogP contribution in [0.25, 0.3) is 0 Å². The quantitative estimate of drug-likeness (QED) is 0.811. The van der Waals surface area contributed by atoms with Crippen LogP contribution >= 0.6 is 11.3 Å². The number of thiophene rings is 1. The van der Waals surface area contributed by atoms with Gasteiger partial charge >= 0.3 is 6.03 Å². The van der Waals surface area contributed by atoms with Crippen molar-refractivity contribution in [2.45, 2.75) is 25.9 Å². The second-order valence-corrected chi connectivity index (χ2v) is 5.97. The number of hydrogen-bond donors (Lipinski definition) is 2. The molecule has 0 radical (unpaired) electrons. The van der Waals surface area contributed by atoms with Crippen molar-refractivity contribution >= 4 is 17.4 Å². The SMILES string of the molecule is CCC(NC(=O)NCc1ccc(OC)c(OC)c1)c1cccs1. The third-order valence-corrected chi connectivity index (χ3v) is 4.49. The molecule has 1 aromatic carbocycles. The lowest BCUT2D eigenvalue weighted by Crippen LogP contribution is -2.37. The number of methoxy groups -OCH3 is 2. The Morgan fingerprint density at radius 1 is 1.22 bits per heavy atom. The lowest BCUT2D eigenvalue weighted by molar-refractivity contribution is 0.236. The fourth-order valence-corrected chi connectivity index (χ4v) is 3.11. The number of carbonyl (C=O) groups is 1. The first kappa shape index (κ1) is 17.1. The molecule has 0 saturated carbocycles. The molecule has 0 aliphatic rings. The largest absolute Gasteiger partial charge is 0.493 e. The van der Waals surface area contributed by atoms with Crippen LogP contribution in [-0.2, 0) is 6.54 Å². The molecule has 2 amide bonds. The fraction of sp³-hybridized carbons (Fsp3) is 0.353. The smallest absolute Gasteiger partial charge is 0.315 e. The van der Waals surface area contributed by atoms with Gasteiger partial charge < -0.3 is 20.1 Å². The molecule has 23 heavy (non-hydrogen) atoms. The van der Waals surface area contributed by atoms with E-state index in [0.717, 1.165) is 16.9 Å². The Balaban J connectivity index is 1.91. The second-order valence-electron chi connectivity index (χ2n) is 4.99. The molecule has 6 heteroatoms. The normalized spacial score (nSPS) is 11.6. The standard InChI is InChI=1S/C17H22N2O3S/c1-4-13(16-6-5-9-23-16)19-17(20)18-11-12-7-8-14(21-2)15(10-12)22-3/h5-10,13H,4,11H2,1-3H3,(H2,18,19,20). The molecule has 0 fully saturated rings. The van der Waals surface area contributed by atoms with Crippen LogP contribution in [-0.4, -0.2) is 20.3 Å². The Morgan fingerprint density at radius 3 is 2.61 bits per heavy atom. The highest BCUT2D eigenvalue weighted by Gasteiger charge is 2.13. The van der Waals surface area contributed by atoms with Gasteiger partial charge in [0.15, 0.2) is 11.5 Å². The summed E-state index contributed by atoms with van der Waals surface area (Å²) in [6, 6.07) is 9.47. The number of nitrogens with one attached hydrogen (secondary N) is 2. The summed E-state index contributed by atoms with van der Waals surface area (Å²) in [6.45, 7) is 2.48. The molecule has 0 saturated heterocycles. The molecule has 2 aromatic rings. The number of ether oxygens (including phenoxy) is 2. The van der Waals surface area contributed by atoms with Crippen LogP contribution in [0.4, 0.5) is 4.79 Å². The molecule has 0 spiro atoms. The zero-order valence-electron chi connectivity index (χ0n) is 13.6. The molecule has 2 N–H and O–H groups in total. The van der Waals surface area contributed by atoms with Crippen molar-refractivity contribution in [1.82, 2.24) is 10.6 Å². The summed E-state index contributed by atoms with van der Waals surface area (Å²) >= 11 is 1.65. The molecule has 1 heterocycles. The zero-order chi connectivity index (χ0) is 16.7. The van der Waals surface area contributed by atoms with E-state index in [-0.39, 0.29) is 12.1 Å². The van der Waals surface area contributed by atoms with Gasteiger partial charge in [0, 0.05) is 11.4 Å². The first-order valence-electron chi connectivity index (χ1n) is 7.46. The van der Waals surface area contributed by atoms with Gasteiger partial charge in [-0.3, -0.25) is 0 Å². The second kappa shape index (κ2) is 8.43. The highest BCUT2D eigenvalue weighted by molar-refractivity contribution is 7.10. The van der Waals surface area contributed by atoms with Crippen LogP contribution in [0.5, 0.6) is 11.5 Å². The molecule has 2 rings (SSSR count). The van der Waals surface area contributed by atoms with E-state index in [1.54, 1.807) is 25.6 Å². The Bertz CT molecular complexity index is 629. The Hall–Kier alpha value is -2.21. The van der Waals surface area contributed by atoms with E-state index in [0.29, 0.717) is 18.0 Å². The molecular formula is C17H22N2O3S. The molecule has 1 aromatic heterocycles. The van der Waals surface area contributed by atoms with Gasteiger partial charge in [-0.25, -0.2) is 4.79 Å². The predicted molar refractivity (Wildman–Crippen MR) is 92.3 cm³/mol. The van der Waals surface area contributed by atoms with Crippen molar-refractivity contribution in [1.29, 1.82) is 0 Å². The average molecular weight is 334 g/mol. The van der Waals surface area contributed by atoms with Crippen LogP contribution in [0, 0.1) is 0 Å². The molecule has 0 bridgehead atoms. The highest BCUT2D eigenvalue weighted by Crippen LogP contribution is 2.27. The minimum absolute atomic E-state index is 0.0420. The maximum absolute atomic E-state index is 12.1. The third kappa shape index (κ3) is 4.63. The average Bonchev–Trinajstić information content (AvgIpc) is 3.11. The van der Waals surface area contributed by atoms with Gasteiger partial charge in [-0.2, -0.15) is 0 Å². The van der Waals surface area contributed by atoms with Crippen LogP contribution in [0.15, 0.2) is 35.7 Å². The monoisotopic (exact) mass is 334 g/mol. The Labute approximate surface area is 140 Å². The van der Waals surface area contributed by atoms with E-state index < -0.39 is 0 Å².